The molecule has 0 aromatic heterocycles. The van der Waals surface area contributed by atoms with Crippen LogP contribution in [0.4, 0.5) is 4.79 Å². The van der Waals surface area contributed by atoms with E-state index in [2.05, 4.69) is 0 Å². The summed E-state index contributed by atoms with van der Waals surface area (Å²) in [7, 11) is 2.92. The number of rotatable bonds is 8. The van der Waals surface area contributed by atoms with E-state index in [-0.39, 0.29) is 30.0 Å². The molecular formula is C16H17NO7S. The predicted molar refractivity (Wildman–Crippen MR) is 90.7 cm³/mol. The summed E-state index contributed by atoms with van der Waals surface area (Å²) in [5, 5.41) is 8.32. The van der Waals surface area contributed by atoms with Crippen LogP contribution in [-0.4, -0.2) is 61.1 Å². The molecule has 0 radical (unpaired) electrons. The van der Waals surface area contributed by atoms with Gasteiger partial charge in [0.25, 0.3) is 11.1 Å². The molecule has 134 valence electrons. The molecule has 0 saturated carbocycles. The van der Waals surface area contributed by atoms with Gasteiger partial charge in [-0.25, -0.2) is 4.79 Å². The average Bonchev–Trinajstić information content (AvgIpc) is 2.85. The standard InChI is InChI=1S/C16H17NO7S/c1-22-6-5-17-15(20)13(25-16(17)21)8-10-3-4-11(12(7-10)23-2)24-9-14(18)19/h3-4,7-8H,5-6,9H2,1-2H3,(H,18,19)/b13-8+. The minimum Gasteiger partial charge on any atom is -0.493 e. The van der Waals surface area contributed by atoms with Crippen LogP contribution in [0.3, 0.4) is 0 Å². The molecule has 1 heterocycles. The number of nitrogens with zero attached hydrogens (tertiary/aromatic N) is 1. The largest absolute Gasteiger partial charge is 0.493 e. The molecule has 0 unspecified atom stereocenters. The molecule has 1 aliphatic heterocycles. The molecule has 0 atom stereocenters. The molecule has 2 rings (SSSR count). The second-order valence-corrected chi connectivity index (χ2v) is 5.91. The van der Waals surface area contributed by atoms with Crippen molar-refractivity contribution < 1.29 is 33.7 Å². The first-order valence-corrected chi connectivity index (χ1v) is 8.05. The Morgan fingerprint density at radius 2 is 2.04 bits per heavy atom. The number of carboxylic acid groups (broad SMARTS) is 1. The highest BCUT2D eigenvalue weighted by Gasteiger charge is 2.34. The number of imide groups is 1. The van der Waals surface area contributed by atoms with Gasteiger partial charge in [0.2, 0.25) is 0 Å². The lowest BCUT2D eigenvalue weighted by atomic mass is 10.2. The predicted octanol–water partition coefficient (Wildman–Crippen LogP) is 1.84. The fourth-order valence-electron chi connectivity index (χ4n) is 2.06. The van der Waals surface area contributed by atoms with Gasteiger partial charge in [-0.15, -0.1) is 0 Å². The molecule has 1 N–H and O–H groups in total. The van der Waals surface area contributed by atoms with Gasteiger partial charge in [0, 0.05) is 7.11 Å². The number of carboxylic acids is 1. The zero-order chi connectivity index (χ0) is 18.4. The summed E-state index contributed by atoms with van der Waals surface area (Å²) < 4.78 is 15.2. The number of amides is 2. The number of ether oxygens (including phenoxy) is 3. The van der Waals surface area contributed by atoms with Crippen molar-refractivity contribution in [1.29, 1.82) is 0 Å². The van der Waals surface area contributed by atoms with E-state index in [9.17, 15) is 14.4 Å². The van der Waals surface area contributed by atoms with Gasteiger partial charge < -0.3 is 19.3 Å². The minimum absolute atomic E-state index is 0.198. The van der Waals surface area contributed by atoms with E-state index < -0.39 is 12.6 Å². The number of carbonyl (C=O) groups is 3. The number of thioether (sulfide) groups is 1. The molecule has 2 amide bonds. The highest BCUT2D eigenvalue weighted by molar-refractivity contribution is 8.18. The number of aliphatic carboxylic acids is 1. The first-order chi connectivity index (χ1) is 12.0. The maximum atomic E-state index is 12.3. The summed E-state index contributed by atoms with van der Waals surface area (Å²) in [5.41, 5.74) is 0.622. The Labute approximate surface area is 148 Å². The van der Waals surface area contributed by atoms with E-state index in [0.29, 0.717) is 16.2 Å². The zero-order valence-corrected chi connectivity index (χ0v) is 14.5. The second kappa shape index (κ2) is 8.54. The van der Waals surface area contributed by atoms with Gasteiger partial charge in [-0.05, 0) is 35.5 Å². The Morgan fingerprint density at radius 1 is 1.28 bits per heavy atom. The third-order valence-electron chi connectivity index (χ3n) is 3.23. The Bertz CT molecular complexity index is 716. The fraction of sp³-hybridized carbons (Fsp3) is 0.312. The second-order valence-electron chi connectivity index (χ2n) is 4.92. The van der Waals surface area contributed by atoms with Crippen molar-refractivity contribution in [2.24, 2.45) is 0 Å². The van der Waals surface area contributed by atoms with E-state index in [1.165, 1.54) is 14.2 Å². The van der Waals surface area contributed by atoms with Crippen molar-refractivity contribution in [2.45, 2.75) is 0 Å². The number of methoxy groups -OCH3 is 2. The van der Waals surface area contributed by atoms with Gasteiger partial charge >= 0.3 is 5.97 Å². The topological polar surface area (TPSA) is 102 Å². The van der Waals surface area contributed by atoms with Gasteiger partial charge in [-0.3, -0.25) is 14.5 Å². The summed E-state index contributed by atoms with van der Waals surface area (Å²) >= 11 is 0.852. The van der Waals surface area contributed by atoms with Crippen molar-refractivity contribution in [3.63, 3.8) is 0 Å². The van der Waals surface area contributed by atoms with Crippen LogP contribution in [0.1, 0.15) is 5.56 Å². The molecule has 0 aliphatic carbocycles. The summed E-state index contributed by atoms with van der Waals surface area (Å²) in [5.74, 6) is -0.878. The van der Waals surface area contributed by atoms with E-state index in [4.69, 9.17) is 19.3 Å². The molecule has 9 heteroatoms. The quantitative estimate of drug-likeness (QED) is 0.695. The van der Waals surface area contributed by atoms with Crippen molar-refractivity contribution >= 4 is 35.0 Å². The van der Waals surface area contributed by atoms with Crippen LogP contribution in [0.15, 0.2) is 23.1 Å². The summed E-state index contributed by atoms with van der Waals surface area (Å²) in [4.78, 5) is 36.2. The van der Waals surface area contributed by atoms with Crippen LogP contribution < -0.4 is 9.47 Å². The van der Waals surface area contributed by atoms with Crippen molar-refractivity contribution in [3.8, 4) is 11.5 Å². The Balaban J connectivity index is 2.19. The number of carbonyl (C=O) groups excluding carboxylic acids is 2. The van der Waals surface area contributed by atoms with Crippen molar-refractivity contribution in [2.75, 3.05) is 34.0 Å². The molecule has 8 nitrogen and oxygen atoms in total. The van der Waals surface area contributed by atoms with E-state index in [0.717, 1.165) is 16.7 Å². The zero-order valence-electron chi connectivity index (χ0n) is 13.7. The van der Waals surface area contributed by atoms with E-state index in [1.54, 1.807) is 24.3 Å². The van der Waals surface area contributed by atoms with Gasteiger partial charge in [-0.1, -0.05) is 6.07 Å². The van der Waals surface area contributed by atoms with Crippen LogP contribution in [0.2, 0.25) is 0 Å². The van der Waals surface area contributed by atoms with Crippen LogP contribution in [0.5, 0.6) is 11.5 Å². The molecule has 1 aliphatic rings. The maximum absolute atomic E-state index is 12.3. The highest BCUT2D eigenvalue weighted by Crippen LogP contribution is 2.34. The number of benzene rings is 1. The molecule has 0 bridgehead atoms. The highest BCUT2D eigenvalue weighted by atomic mass is 32.2. The Hall–Kier alpha value is -2.52. The molecule has 25 heavy (non-hydrogen) atoms. The van der Waals surface area contributed by atoms with E-state index in [1.807, 2.05) is 0 Å². The molecular weight excluding hydrogens is 350 g/mol. The number of hydrogen-bond acceptors (Lipinski definition) is 7. The minimum atomic E-state index is -1.10. The smallest absolute Gasteiger partial charge is 0.341 e. The summed E-state index contributed by atoms with van der Waals surface area (Å²) in [6.45, 7) is -0.0212. The van der Waals surface area contributed by atoms with Crippen LogP contribution in [0, 0.1) is 0 Å². The van der Waals surface area contributed by atoms with E-state index >= 15 is 0 Å². The van der Waals surface area contributed by atoms with Crippen LogP contribution in [0.25, 0.3) is 6.08 Å². The van der Waals surface area contributed by atoms with Crippen LogP contribution in [-0.2, 0) is 14.3 Å². The van der Waals surface area contributed by atoms with Gasteiger partial charge in [0.05, 0.1) is 25.2 Å². The fourth-order valence-corrected chi connectivity index (χ4v) is 2.92. The summed E-state index contributed by atoms with van der Waals surface area (Å²) in [6, 6.07) is 4.78. The first-order valence-electron chi connectivity index (χ1n) is 7.23. The third-order valence-corrected chi connectivity index (χ3v) is 4.14. The van der Waals surface area contributed by atoms with Crippen LogP contribution >= 0.6 is 11.8 Å². The third kappa shape index (κ3) is 4.74. The van der Waals surface area contributed by atoms with Gasteiger partial charge in [0.15, 0.2) is 18.1 Å². The van der Waals surface area contributed by atoms with Crippen molar-refractivity contribution in [3.05, 3.63) is 28.7 Å². The monoisotopic (exact) mass is 367 g/mol. The average molecular weight is 367 g/mol. The first kappa shape index (κ1) is 18.8. The Morgan fingerprint density at radius 3 is 2.68 bits per heavy atom. The molecule has 1 saturated heterocycles. The Kier molecular flexibility index (Phi) is 6.43. The number of hydrogen-bond donors (Lipinski definition) is 1. The van der Waals surface area contributed by atoms with Gasteiger partial charge in [-0.2, -0.15) is 0 Å². The lowest BCUT2D eigenvalue weighted by Crippen LogP contribution is -2.31. The SMILES string of the molecule is COCCN1C(=O)S/C(=C/c2ccc(OCC(=O)O)c(OC)c2)C1=O. The maximum Gasteiger partial charge on any atom is 0.341 e. The lowest BCUT2D eigenvalue weighted by molar-refractivity contribution is -0.139. The molecule has 0 spiro atoms. The summed E-state index contributed by atoms with van der Waals surface area (Å²) in [6.07, 6.45) is 1.57. The molecule has 1 aromatic carbocycles. The molecule has 1 fully saturated rings. The van der Waals surface area contributed by atoms with Gasteiger partial charge in [0.1, 0.15) is 0 Å². The van der Waals surface area contributed by atoms with Crippen molar-refractivity contribution in [1.82, 2.24) is 4.90 Å². The molecule has 1 aromatic rings. The normalized spacial score (nSPS) is 15.8. The lowest BCUT2D eigenvalue weighted by Gasteiger charge is -2.11.